The number of nitrogens with one attached hydrogen (secondary N) is 1. The number of anilines is 1. The number of H-pyrrole nitrogens is 1. The average Bonchev–Trinajstić information content (AvgIpc) is 3.18. The highest BCUT2D eigenvalue weighted by Crippen LogP contribution is 2.40. The molecule has 3 aromatic rings. The number of hydrogen-bond acceptors (Lipinski definition) is 6. The van der Waals surface area contributed by atoms with Gasteiger partial charge in [0.25, 0.3) is 12.9 Å². The Hall–Kier alpha value is -2.31. The minimum atomic E-state index is -3.09. The van der Waals surface area contributed by atoms with E-state index in [9.17, 15) is 17.6 Å². The molecule has 0 unspecified atom stereocenters. The van der Waals surface area contributed by atoms with Crippen LogP contribution < -0.4 is 4.90 Å². The zero-order valence-corrected chi connectivity index (χ0v) is 18.9. The van der Waals surface area contributed by atoms with Crippen LogP contribution in [0, 0.1) is 5.92 Å². The lowest BCUT2D eigenvalue weighted by atomic mass is 9.91. The molecule has 0 amide bonds. The maximum absolute atomic E-state index is 13.4. The van der Waals surface area contributed by atoms with Gasteiger partial charge in [-0.05, 0) is 36.6 Å². The van der Waals surface area contributed by atoms with E-state index in [2.05, 4.69) is 35.9 Å². The monoisotopic (exact) mass is 529 g/mol. The van der Waals surface area contributed by atoms with E-state index in [-0.39, 0.29) is 24.7 Å². The van der Waals surface area contributed by atoms with Crippen LogP contribution in [0.4, 0.5) is 23.5 Å². The number of benzene rings is 1. The predicted octanol–water partition coefficient (Wildman–Crippen LogP) is 5.11. The Bertz CT molecular complexity index is 1130. The second kappa shape index (κ2) is 9.15. The summed E-state index contributed by atoms with van der Waals surface area (Å²) >= 11 is 3.50. The Morgan fingerprint density at radius 2 is 1.76 bits per heavy atom. The molecule has 1 atom stereocenters. The first-order valence-electron chi connectivity index (χ1n) is 10.4. The summed E-state index contributed by atoms with van der Waals surface area (Å²) < 4.78 is 65.3. The lowest BCUT2D eigenvalue weighted by molar-refractivity contribution is -0.128. The van der Waals surface area contributed by atoms with Gasteiger partial charge in [0, 0.05) is 33.5 Å². The highest BCUT2D eigenvalue weighted by Gasteiger charge is 2.35. The molecule has 0 bridgehead atoms. The first kappa shape index (κ1) is 22.5. The molecule has 1 aromatic carbocycles. The van der Waals surface area contributed by atoms with Crippen molar-refractivity contribution in [1.82, 2.24) is 19.9 Å². The van der Waals surface area contributed by atoms with Crippen molar-refractivity contribution in [2.75, 3.05) is 31.5 Å². The number of hydrogen-bond donors (Lipinski definition) is 1. The molecule has 5 rings (SSSR count). The number of aromatic amines is 1. The number of alkyl halides is 4. The van der Waals surface area contributed by atoms with Gasteiger partial charge in [-0.3, -0.25) is 0 Å². The maximum Gasteiger partial charge on any atom is 0.297 e. The van der Waals surface area contributed by atoms with Crippen LogP contribution in [0.2, 0.25) is 0 Å². The molecule has 0 radical (unpaired) electrons. The molecule has 1 fully saturated rings. The van der Waals surface area contributed by atoms with Gasteiger partial charge in [-0.1, -0.05) is 15.9 Å². The van der Waals surface area contributed by atoms with Crippen molar-refractivity contribution in [1.29, 1.82) is 0 Å². The molecule has 1 saturated heterocycles. The third-order valence-corrected chi connectivity index (χ3v) is 6.44. The van der Waals surface area contributed by atoms with E-state index in [1.54, 1.807) is 4.90 Å². The summed E-state index contributed by atoms with van der Waals surface area (Å²) in [5, 5.41) is 1.05. The number of rotatable bonds is 5. The van der Waals surface area contributed by atoms with Gasteiger partial charge in [0.1, 0.15) is 6.79 Å². The lowest BCUT2D eigenvalue weighted by Crippen LogP contribution is -2.39. The quantitative estimate of drug-likeness (QED) is 0.463. The number of aromatic nitrogens is 4. The summed E-state index contributed by atoms with van der Waals surface area (Å²) in [6.07, 6.45) is -5.07. The Morgan fingerprint density at radius 3 is 2.42 bits per heavy atom. The van der Waals surface area contributed by atoms with E-state index in [1.165, 1.54) is 0 Å². The molecule has 2 aliphatic heterocycles. The van der Waals surface area contributed by atoms with Crippen LogP contribution in [0.5, 0.6) is 0 Å². The van der Waals surface area contributed by atoms with E-state index in [0.717, 1.165) is 26.6 Å². The van der Waals surface area contributed by atoms with E-state index in [1.807, 2.05) is 18.2 Å². The van der Waals surface area contributed by atoms with Crippen molar-refractivity contribution in [2.45, 2.75) is 31.7 Å². The molecule has 1 N–H and O–H groups in total. The fraction of sp³-hybridized carbons (Fsp3) is 0.476. The number of ether oxygens (including phenoxy) is 2. The fourth-order valence-electron chi connectivity index (χ4n) is 4.53. The predicted molar refractivity (Wildman–Crippen MR) is 114 cm³/mol. The van der Waals surface area contributed by atoms with Crippen LogP contribution in [-0.4, -0.2) is 46.5 Å². The van der Waals surface area contributed by atoms with Crippen molar-refractivity contribution in [3.63, 3.8) is 0 Å². The molecule has 12 heteroatoms. The summed E-state index contributed by atoms with van der Waals surface area (Å²) in [5.74, 6) is -2.06. The van der Waals surface area contributed by atoms with Gasteiger partial charge in [-0.15, -0.1) is 0 Å². The highest BCUT2D eigenvalue weighted by atomic mass is 79.9. The first-order chi connectivity index (χ1) is 15.9. The van der Waals surface area contributed by atoms with Gasteiger partial charge in [0.2, 0.25) is 17.6 Å². The van der Waals surface area contributed by atoms with Crippen molar-refractivity contribution in [3.8, 4) is 0 Å². The summed E-state index contributed by atoms with van der Waals surface area (Å²) in [6, 6.07) is 5.54. The molecular formula is C21H20BrF4N5O2. The van der Waals surface area contributed by atoms with Gasteiger partial charge in [0.05, 0.1) is 19.3 Å². The zero-order chi connectivity index (χ0) is 23.1. The van der Waals surface area contributed by atoms with Gasteiger partial charge >= 0.3 is 0 Å². The summed E-state index contributed by atoms with van der Waals surface area (Å²) in [5.41, 5.74) is 2.92. The molecule has 176 valence electrons. The van der Waals surface area contributed by atoms with Crippen molar-refractivity contribution < 1.29 is 27.0 Å². The standard InChI is InChI=1S/C21H20BrF4N5O2/c22-11-1-2-14-13(6-11)12-3-4-31(15(16(12)27-14)5-10-7-32-9-33-8-10)21-29-19(17(23)24)28-20(30-21)18(25)26/h1-2,6,10,15,17-18,27H,3-5,7-9H2/t15-/m0/s1. The Kier molecular flexibility index (Phi) is 6.23. The van der Waals surface area contributed by atoms with Gasteiger partial charge in [-0.25, -0.2) is 22.5 Å². The smallest absolute Gasteiger partial charge is 0.297 e. The molecule has 33 heavy (non-hydrogen) atoms. The molecule has 2 aliphatic rings. The topological polar surface area (TPSA) is 76.2 Å². The van der Waals surface area contributed by atoms with Gasteiger partial charge < -0.3 is 19.4 Å². The number of fused-ring (bicyclic) bond motifs is 3. The fourth-order valence-corrected chi connectivity index (χ4v) is 4.89. The molecular weight excluding hydrogens is 510 g/mol. The molecule has 0 aliphatic carbocycles. The number of halogens is 5. The second-order valence-electron chi connectivity index (χ2n) is 8.08. The molecule has 0 saturated carbocycles. The Labute approximate surface area is 194 Å². The van der Waals surface area contributed by atoms with Gasteiger partial charge in [-0.2, -0.15) is 9.97 Å². The minimum absolute atomic E-state index is 0.0290. The maximum atomic E-state index is 13.4. The number of nitrogens with zero attached hydrogens (tertiary/aromatic N) is 4. The van der Waals surface area contributed by atoms with Crippen LogP contribution >= 0.6 is 15.9 Å². The zero-order valence-electron chi connectivity index (χ0n) is 17.3. The van der Waals surface area contributed by atoms with Crippen LogP contribution in [-0.2, 0) is 15.9 Å². The molecule has 2 aromatic heterocycles. The first-order valence-corrected chi connectivity index (χ1v) is 11.2. The summed E-state index contributed by atoms with van der Waals surface area (Å²) in [4.78, 5) is 16.1. The van der Waals surface area contributed by atoms with Crippen LogP contribution in [0.25, 0.3) is 10.9 Å². The van der Waals surface area contributed by atoms with E-state index >= 15 is 0 Å². The molecule has 4 heterocycles. The van der Waals surface area contributed by atoms with Crippen LogP contribution in [0.15, 0.2) is 22.7 Å². The Balaban J connectivity index is 1.60. The van der Waals surface area contributed by atoms with Crippen molar-refractivity contribution >= 4 is 32.8 Å². The highest BCUT2D eigenvalue weighted by molar-refractivity contribution is 9.10. The second-order valence-corrected chi connectivity index (χ2v) is 9.00. The molecule has 0 spiro atoms. The van der Waals surface area contributed by atoms with E-state index in [4.69, 9.17) is 9.47 Å². The normalized spacial score (nSPS) is 19.6. The lowest BCUT2D eigenvalue weighted by Gasteiger charge is -2.38. The Morgan fingerprint density at radius 1 is 1.06 bits per heavy atom. The third kappa shape index (κ3) is 4.43. The van der Waals surface area contributed by atoms with E-state index in [0.29, 0.717) is 32.6 Å². The SMILES string of the molecule is FC(F)c1nc(C(F)F)nc(N2CCc3c([nH]c4ccc(Br)cc34)[C@@H]2CC2COCOC2)n1. The van der Waals surface area contributed by atoms with Gasteiger partial charge in [0.15, 0.2) is 0 Å². The summed E-state index contributed by atoms with van der Waals surface area (Å²) in [7, 11) is 0. The van der Waals surface area contributed by atoms with Crippen molar-refractivity contribution in [2.24, 2.45) is 5.92 Å². The molecule has 7 nitrogen and oxygen atoms in total. The third-order valence-electron chi connectivity index (χ3n) is 5.95. The summed E-state index contributed by atoms with van der Waals surface area (Å²) in [6.45, 7) is 1.56. The van der Waals surface area contributed by atoms with E-state index < -0.39 is 24.5 Å². The van der Waals surface area contributed by atoms with Crippen LogP contribution in [0.3, 0.4) is 0 Å². The van der Waals surface area contributed by atoms with Crippen molar-refractivity contribution in [3.05, 3.63) is 45.6 Å². The van der Waals surface area contributed by atoms with Crippen LogP contribution in [0.1, 0.15) is 48.2 Å². The largest absolute Gasteiger partial charge is 0.356 e. The average molecular weight is 530 g/mol. The minimum Gasteiger partial charge on any atom is -0.356 e.